The van der Waals surface area contributed by atoms with Crippen molar-refractivity contribution in [1.82, 2.24) is 9.97 Å². The van der Waals surface area contributed by atoms with Gasteiger partial charge in [0, 0.05) is 17.5 Å². The molecule has 2 aromatic rings. The predicted octanol–water partition coefficient (Wildman–Crippen LogP) is 4.29. The van der Waals surface area contributed by atoms with Gasteiger partial charge in [-0.15, -0.1) is 0 Å². The van der Waals surface area contributed by atoms with E-state index in [2.05, 4.69) is 50.0 Å². The summed E-state index contributed by atoms with van der Waals surface area (Å²) >= 11 is 0. The highest BCUT2D eigenvalue weighted by Gasteiger charge is 2.07. The van der Waals surface area contributed by atoms with Gasteiger partial charge in [0.1, 0.15) is 0 Å². The van der Waals surface area contributed by atoms with Crippen LogP contribution in [0.3, 0.4) is 0 Å². The molecule has 1 aromatic heterocycles. The Balaban J connectivity index is 2.27. The van der Waals surface area contributed by atoms with Crippen molar-refractivity contribution in [3.8, 4) is 11.4 Å². The zero-order valence-corrected chi connectivity index (χ0v) is 12.1. The van der Waals surface area contributed by atoms with Gasteiger partial charge in [-0.25, -0.2) is 9.97 Å². The molecular weight excluding hydrogens is 232 g/mol. The molecule has 0 saturated heterocycles. The summed E-state index contributed by atoms with van der Waals surface area (Å²) in [7, 11) is 0. The maximum Gasteiger partial charge on any atom is 0.159 e. The normalized spacial score (nSPS) is 10.9. The lowest BCUT2D eigenvalue weighted by Gasteiger charge is -2.08. The van der Waals surface area contributed by atoms with E-state index in [1.807, 2.05) is 12.3 Å². The van der Waals surface area contributed by atoms with Gasteiger partial charge in [-0.3, -0.25) is 0 Å². The van der Waals surface area contributed by atoms with Gasteiger partial charge in [-0.1, -0.05) is 45.0 Å². The molecule has 0 aliphatic heterocycles. The van der Waals surface area contributed by atoms with E-state index in [0.717, 1.165) is 29.9 Å². The molecule has 0 amide bonds. The second kappa shape index (κ2) is 6.46. The Labute approximate surface area is 115 Å². The highest BCUT2D eigenvalue weighted by atomic mass is 14.9. The quantitative estimate of drug-likeness (QED) is 0.795. The van der Waals surface area contributed by atoms with Crippen LogP contribution in [0.15, 0.2) is 36.5 Å². The van der Waals surface area contributed by atoms with Crippen LogP contribution < -0.4 is 0 Å². The number of hydrogen-bond acceptors (Lipinski definition) is 2. The van der Waals surface area contributed by atoms with Gasteiger partial charge in [-0.05, 0) is 36.8 Å². The molecule has 2 nitrogen and oxygen atoms in total. The standard InChI is InChI=1S/C17H22N2/c1-4-14-7-5-6-8-16(14)17-18-12-11-15(19-17)10-9-13(2)3/h5-8,11-13H,4,9-10H2,1-3H3. The van der Waals surface area contributed by atoms with Crippen LogP contribution in [-0.4, -0.2) is 9.97 Å². The average Bonchev–Trinajstić information content (AvgIpc) is 2.45. The third kappa shape index (κ3) is 3.63. The maximum absolute atomic E-state index is 4.71. The first kappa shape index (κ1) is 13.7. The third-order valence-corrected chi connectivity index (χ3v) is 3.33. The summed E-state index contributed by atoms with van der Waals surface area (Å²) in [5, 5.41) is 0. The lowest BCUT2D eigenvalue weighted by atomic mass is 10.0. The highest BCUT2D eigenvalue weighted by Crippen LogP contribution is 2.21. The number of aryl methyl sites for hydroxylation is 2. The smallest absolute Gasteiger partial charge is 0.159 e. The molecule has 0 aliphatic rings. The lowest BCUT2D eigenvalue weighted by Crippen LogP contribution is -1.99. The Bertz CT molecular complexity index is 532. The first-order valence-corrected chi connectivity index (χ1v) is 7.11. The molecule has 0 saturated carbocycles. The molecular formula is C17H22N2. The van der Waals surface area contributed by atoms with Gasteiger partial charge >= 0.3 is 0 Å². The minimum Gasteiger partial charge on any atom is -0.237 e. The predicted molar refractivity (Wildman–Crippen MR) is 80.0 cm³/mol. The number of hydrogen-bond donors (Lipinski definition) is 0. The van der Waals surface area contributed by atoms with Gasteiger partial charge < -0.3 is 0 Å². The minimum absolute atomic E-state index is 0.710. The molecule has 0 unspecified atom stereocenters. The van der Waals surface area contributed by atoms with Gasteiger partial charge in [0.15, 0.2) is 5.82 Å². The van der Waals surface area contributed by atoms with Crippen LogP contribution >= 0.6 is 0 Å². The van der Waals surface area contributed by atoms with Crippen molar-refractivity contribution in [3.05, 3.63) is 47.8 Å². The van der Waals surface area contributed by atoms with Crippen LogP contribution in [-0.2, 0) is 12.8 Å². The van der Waals surface area contributed by atoms with E-state index < -0.39 is 0 Å². The van der Waals surface area contributed by atoms with Gasteiger partial charge in [0.25, 0.3) is 0 Å². The minimum atomic E-state index is 0.710. The van der Waals surface area contributed by atoms with E-state index in [4.69, 9.17) is 4.98 Å². The summed E-state index contributed by atoms with van der Waals surface area (Å²) in [4.78, 5) is 9.15. The van der Waals surface area contributed by atoms with Gasteiger partial charge in [0.2, 0.25) is 0 Å². The molecule has 0 aliphatic carbocycles. The molecule has 100 valence electrons. The SMILES string of the molecule is CCc1ccccc1-c1nccc(CCC(C)C)n1. The first-order chi connectivity index (χ1) is 9.20. The van der Waals surface area contributed by atoms with Crippen molar-refractivity contribution in [3.63, 3.8) is 0 Å². The number of aromatic nitrogens is 2. The fourth-order valence-corrected chi connectivity index (χ4v) is 2.15. The van der Waals surface area contributed by atoms with Gasteiger partial charge in [0.05, 0.1) is 0 Å². The summed E-state index contributed by atoms with van der Waals surface area (Å²) < 4.78 is 0. The fourth-order valence-electron chi connectivity index (χ4n) is 2.15. The number of rotatable bonds is 5. The molecule has 1 aromatic carbocycles. The lowest BCUT2D eigenvalue weighted by molar-refractivity contribution is 0.581. The van der Waals surface area contributed by atoms with Crippen molar-refractivity contribution in [2.75, 3.05) is 0 Å². The summed E-state index contributed by atoms with van der Waals surface area (Å²) in [6.45, 7) is 6.66. The third-order valence-electron chi connectivity index (χ3n) is 3.33. The van der Waals surface area contributed by atoms with Gasteiger partial charge in [-0.2, -0.15) is 0 Å². The molecule has 0 N–H and O–H groups in total. The van der Waals surface area contributed by atoms with E-state index in [9.17, 15) is 0 Å². The van der Waals surface area contributed by atoms with E-state index in [-0.39, 0.29) is 0 Å². The summed E-state index contributed by atoms with van der Waals surface area (Å²) in [5.74, 6) is 1.57. The van der Waals surface area contributed by atoms with E-state index >= 15 is 0 Å². The second-order valence-corrected chi connectivity index (χ2v) is 5.31. The summed E-state index contributed by atoms with van der Waals surface area (Å²) in [6.07, 6.45) is 5.09. The molecule has 0 spiro atoms. The van der Waals surface area contributed by atoms with Crippen LogP contribution in [0.1, 0.15) is 38.4 Å². The molecule has 0 bridgehead atoms. The molecule has 1 heterocycles. The summed E-state index contributed by atoms with van der Waals surface area (Å²) in [6, 6.07) is 10.4. The summed E-state index contributed by atoms with van der Waals surface area (Å²) in [5.41, 5.74) is 3.62. The number of nitrogens with zero attached hydrogens (tertiary/aromatic N) is 2. The van der Waals surface area contributed by atoms with Crippen LogP contribution in [0.5, 0.6) is 0 Å². The molecule has 0 fully saturated rings. The van der Waals surface area contributed by atoms with Crippen molar-refractivity contribution >= 4 is 0 Å². The Hall–Kier alpha value is -1.70. The van der Waals surface area contributed by atoms with Crippen LogP contribution in [0.4, 0.5) is 0 Å². The monoisotopic (exact) mass is 254 g/mol. The highest BCUT2D eigenvalue weighted by molar-refractivity contribution is 5.60. The second-order valence-electron chi connectivity index (χ2n) is 5.31. The molecule has 0 atom stereocenters. The van der Waals surface area contributed by atoms with Crippen molar-refractivity contribution in [2.45, 2.75) is 40.0 Å². The topological polar surface area (TPSA) is 25.8 Å². The fraction of sp³-hybridized carbons (Fsp3) is 0.412. The van der Waals surface area contributed by atoms with Crippen LogP contribution in [0.2, 0.25) is 0 Å². The number of benzene rings is 1. The molecule has 2 heteroatoms. The zero-order chi connectivity index (χ0) is 13.7. The first-order valence-electron chi connectivity index (χ1n) is 7.11. The average molecular weight is 254 g/mol. The van der Waals surface area contributed by atoms with Crippen molar-refractivity contribution < 1.29 is 0 Å². The van der Waals surface area contributed by atoms with Crippen LogP contribution in [0, 0.1) is 5.92 Å². The van der Waals surface area contributed by atoms with Crippen LogP contribution in [0.25, 0.3) is 11.4 Å². The molecule has 19 heavy (non-hydrogen) atoms. The van der Waals surface area contributed by atoms with Crippen molar-refractivity contribution in [2.24, 2.45) is 5.92 Å². The Morgan fingerprint density at radius 3 is 2.63 bits per heavy atom. The Kier molecular flexibility index (Phi) is 4.67. The van der Waals surface area contributed by atoms with Crippen molar-refractivity contribution in [1.29, 1.82) is 0 Å². The Morgan fingerprint density at radius 1 is 1.11 bits per heavy atom. The maximum atomic E-state index is 4.71. The molecule has 2 rings (SSSR count). The van der Waals surface area contributed by atoms with E-state index in [0.29, 0.717) is 5.92 Å². The molecule has 0 radical (unpaired) electrons. The van der Waals surface area contributed by atoms with E-state index in [1.165, 1.54) is 12.0 Å². The van der Waals surface area contributed by atoms with E-state index in [1.54, 1.807) is 0 Å². The Morgan fingerprint density at radius 2 is 1.89 bits per heavy atom. The zero-order valence-electron chi connectivity index (χ0n) is 12.1. The largest absolute Gasteiger partial charge is 0.237 e.